The number of nitrogens with one attached hydrogen (secondary N) is 3. The van der Waals surface area contributed by atoms with E-state index in [-0.39, 0.29) is 0 Å². The van der Waals surface area contributed by atoms with Gasteiger partial charge in [-0.05, 0) is 67.3 Å². The molecule has 2 bridgehead atoms. The number of benzene rings is 1. The molecule has 0 saturated heterocycles. The maximum absolute atomic E-state index is 5.42. The van der Waals surface area contributed by atoms with E-state index in [0.29, 0.717) is 11.2 Å². The summed E-state index contributed by atoms with van der Waals surface area (Å²) in [4.78, 5) is 0. The van der Waals surface area contributed by atoms with E-state index in [1.54, 1.807) is 0 Å². The highest BCUT2D eigenvalue weighted by Gasteiger charge is 2.52. The quantitative estimate of drug-likeness (QED) is 0.455. The minimum absolute atomic E-state index is 0.538. The molecule has 4 heteroatoms. The SMILES string of the molecule is S=C(NNc1ccccc1)NC1CC2CC1C1C=CCC21. The molecule has 4 rings (SSSR count). The zero-order chi connectivity index (χ0) is 14.2. The van der Waals surface area contributed by atoms with Crippen LogP contribution < -0.4 is 16.2 Å². The number of fused-ring (bicyclic) bond motifs is 5. The van der Waals surface area contributed by atoms with Gasteiger partial charge in [0.05, 0.1) is 5.69 Å². The third-order valence-electron chi connectivity index (χ3n) is 5.42. The monoisotopic (exact) mass is 299 g/mol. The standard InChI is InChI=1S/C17H21N3S/c21-17(20-19-12-5-2-1-3-6-12)18-16-10-11-9-15(16)14-8-4-7-13(11)14/h1-6,8,11,13-16,19H,7,9-10H2,(H2,18,20,21). The summed E-state index contributed by atoms with van der Waals surface area (Å²) < 4.78 is 0. The van der Waals surface area contributed by atoms with E-state index in [1.165, 1.54) is 19.3 Å². The first kappa shape index (κ1) is 13.1. The smallest absolute Gasteiger partial charge is 0.185 e. The highest BCUT2D eigenvalue weighted by atomic mass is 32.1. The van der Waals surface area contributed by atoms with E-state index in [1.807, 2.05) is 30.3 Å². The fraction of sp³-hybridized carbons (Fsp3) is 0.471. The van der Waals surface area contributed by atoms with Crippen LogP contribution in [0.1, 0.15) is 19.3 Å². The van der Waals surface area contributed by atoms with Gasteiger partial charge >= 0.3 is 0 Å². The number of hydrogen-bond acceptors (Lipinski definition) is 2. The van der Waals surface area contributed by atoms with Gasteiger partial charge < -0.3 is 5.32 Å². The fourth-order valence-corrected chi connectivity index (χ4v) is 4.77. The van der Waals surface area contributed by atoms with Crippen LogP contribution in [-0.4, -0.2) is 11.2 Å². The van der Waals surface area contributed by atoms with Gasteiger partial charge in [-0.25, -0.2) is 0 Å². The molecule has 0 spiro atoms. The molecule has 1 aromatic carbocycles. The Balaban J connectivity index is 1.31. The maximum Gasteiger partial charge on any atom is 0.185 e. The molecular weight excluding hydrogens is 278 g/mol. The third-order valence-corrected chi connectivity index (χ3v) is 5.64. The van der Waals surface area contributed by atoms with Crippen molar-refractivity contribution >= 4 is 23.0 Å². The predicted molar refractivity (Wildman–Crippen MR) is 89.7 cm³/mol. The minimum atomic E-state index is 0.538. The van der Waals surface area contributed by atoms with Crippen molar-refractivity contribution in [2.24, 2.45) is 23.7 Å². The van der Waals surface area contributed by atoms with Gasteiger partial charge in [0.15, 0.2) is 5.11 Å². The number of rotatable bonds is 3. The zero-order valence-electron chi connectivity index (χ0n) is 12.0. The highest BCUT2D eigenvalue weighted by molar-refractivity contribution is 7.80. The van der Waals surface area contributed by atoms with Gasteiger partial charge in [-0.15, -0.1) is 0 Å². The fourth-order valence-electron chi connectivity index (χ4n) is 4.57. The molecule has 0 amide bonds. The van der Waals surface area contributed by atoms with Crippen molar-refractivity contribution in [1.82, 2.24) is 10.7 Å². The lowest BCUT2D eigenvalue weighted by Gasteiger charge is -2.32. The van der Waals surface area contributed by atoms with Crippen molar-refractivity contribution < 1.29 is 0 Å². The zero-order valence-corrected chi connectivity index (χ0v) is 12.8. The molecule has 0 radical (unpaired) electrons. The first-order chi connectivity index (χ1) is 10.3. The number of para-hydroxylation sites is 1. The molecule has 0 aromatic heterocycles. The van der Waals surface area contributed by atoms with Crippen LogP contribution in [0.3, 0.4) is 0 Å². The van der Waals surface area contributed by atoms with Crippen LogP contribution in [-0.2, 0) is 0 Å². The first-order valence-electron chi connectivity index (χ1n) is 7.85. The Bertz CT molecular complexity index is 556. The van der Waals surface area contributed by atoms with Crippen molar-refractivity contribution in [1.29, 1.82) is 0 Å². The Morgan fingerprint density at radius 1 is 1.10 bits per heavy atom. The Kier molecular flexibility index (Phi) is 3.34. The van der Waals surface area contributed by atoms with E-state index in [9.17, 15) is 0 Å². The van der Waals surface area contributed by atoms with Gasteiger partial charge in [0.2, 0.25) is 0 Å². The van der Waals surface area contributed by atoms with E-state index < -0.39 is 0 Å². The molecule has 21 heavy (non-hydrogen) atoms. The average molecular weight is 299 g/mol. The second-order valence-corrected chi connectivity index (χ2v) is 6.90. The Morgan fingerprint density at radius 2 is 1.95 bits per heavy atom. The summed E-state index contributed by atoms with van der Waals surface area (Å²) in [7, 11) is 0. The molecule has 3 aliphatic carbocycles. The van der Waals surface area contributed by atoms with E-state index in [2.05, 4.69) is 28.3 Å². The summed E-state index contributed by atoms with van der Waals surface area (Å²) in [6, 6.07) is 10.6. The van der Waals surface area contributed by atoms with Crippen molar-refractivity contribution in [2.75, 3.05) is 5.43 Å². The van der Waals surface area contributed by atoms with Crippen LogP contribution in [0.15, 0.2) is 42.5 Å². The molecule has 0 heterocycles. The van der Waals surface area contributed by atoms with Crippen molar-refractivity contribution in [2.45, 2.75) is 25.3 Å². The van der Waals surface area contributed by atoms with E-state index in [4.69, 9.17) is 12.2 Å². The van der Waals surface area contributed by atoms with Crippen LogP contribution in [0.5, 0.6) is 0 Å². The molecule has 0 aliphatic heterocycles. The Labute approximate surface area is 131 Å². The highest BCUT2D eigenvalue weighted by Crippen LogP contribution is 2.56. The molecule has 1 aromatic rings. The lowest BCUT2D eigenvalue weighted by Crippen LogP contribution is -2.48. The molecule has 5 atom stereocenters. The number of hydrazine groups is 1. The van der Waals surface area contributed by atoms with Crippen LogP contribution in [0.2, 0.25) is 0 Å². The van der Waals surface area contributed by atoms with E-state index in [0.717, 1.165) is 29.4 Å². The van der Waals surface area contributed by atoms with Gasteiger partial charge in [-0.2, -0.15) is 0 Å². The molecule has 3 aliphatic rings. The normalized spacial score (nSPS) is 35.5. The second kappa shape index (κ2) is 5.34. The van der Waals surface area contributed by atoms with Gasteiger partial charge in [-0.1, -0.05) is 30.4 Å². The number of anilines is 1. The molecule has 2 fully saturated rings. The lowest BCUT2D eigenvalue weighted by molar-refractivity contribution is 0.246. The van der Waals surface area contributed by atoms with Crippen molar-refractivity contribution in [3.63, 3.8) is 0 Å². The second-order valence-electron chi connectivity index (χ2n) is 6.50. The summed E-state index contributed by atoms with van der Waals surface area (Å²) >= 11 is 5.42. The van der Waals surface area contributed by atoms with Gasteiger partial charge in [0.25, 0.3) is 0 Å². The lowest BCUT2D eigenvalue weighted by atomic mass is 9.79. The van der Waals surface area contributed by atoms with Gasteiger partial charge in [-0.3, -0.25) is 10.9 Å². The van der Waals surface area contributed by atoms with Crippen LogP contribution >= 0.6 is 12.2 Å². The maximum atomic E-state index is 5.42. The van der Waals surface area contributed by atoms with E-state index >= 15 is 0 Å². The first-order valence-corrected chi connectivity index (χ1v) is 8.26. The summed E-state index contributed by atoms with van der Waals surface area (Å²) in [5.74, 6) is 3.40. The summed E-state index contributed by atoms with van der Waals surface area (Å²) in [6.45, 7) is 0. The molecule has 3 N–H and O–H groups in total. The predicted octanol–water partition coefficient (Wildman–Crippen LogP) is 3.08. The van der Waals surface area contributed by atoms with Crippen molar-refractivity contribution in [3.8, 4) is 0 Å². The number of thiocarbonyl (C=S) groups is 1. The van der Waals surface area contributed by atoms with Crippen LogP contribution in [0.4, 0.5) is 5.69 Å². The molecule has 3 nitrogen and oxygen atoms in total. The largest absolute Gasteiger partial charge is 0.358 e. The minimum Gasteiger partial charge on any atom is -0.358 e. The number of hydrogen-bond donors (Lipinski definition) is 3. The third kappa shape index (κ3) is 2.42. The number of allylic oxidation sites excluding steroid dienone is 2. The van der Waals surface area contributed by atoms with Gasteiger partial charge in [0.1, 0.15) is 0 Å². The van der Waals surface area contributed by atoms with Gasteiger partial charge in [0, 0.05) is 6.04 Å². The molecule has 110 valence electrons. The summed E-state index contributed by atoms with van der Waals surface area (Å²) in [5, 5.41) is 4.22. The topological polar surface area (TPSA) is 36.1 Å². The molecular formula is C17H21N3S. The Hall–Kier alpha value is -1.55. The van der Waals surface area contributed by atoms with Crippen molar-refractivity contribution in [3.05, 3.63) is 42.5 Å². The summed E-state index contributed by atoms with van der Waals surface area (Å²) in [6.07, 6.45) is 8.79. The van der Waals surface area contributed by atoms with Crippen LogP contribution in [0.25, 0.3) is 0 Å². The molecule has 2 saturated carbocycles. The molecule has 5 unspecified atom stereocenters. The van der Waals surface area contributed by atoms with Crippen LogP contribution in [0, 0.1) is 23.7 Å². The Morgan fingerprint density at radius 3 is 2.81 bits per heavy atom. The average Bonchev–Trinajstić information content (AvgIpc) is 3.18. The summed E-state index contributed by atoms with van der Waals surface area (Å²) in [5.41, 5.74) is 7.26.